The number of nitro benzene ring substituents is 1. The molecule has 6 nitrogen and oxygen atoms in total. The summed E-state index contributed by atoms with van der Waals surface area (Å²) >= 11 is 0. The number of carboxylic acids is 1. The van der Waals surface area contributed by atoms with Gasteiger partial charge >= 0.3 is 5.97 Å². The molecule has 0 spiro atoms. The predicted molar refractivity (Wildman–Crippen MR) is 76.8 cm³/mol. The summed E-state index contributed by atoms with van der Waals surface area (Å²) in [6, 6.07) is 14.0. The number of hydrogen-bond acceptors (Lipinski definition) is 4. The van der Waals surface area contributed by atoms with Gasteiger partial charge in [-0.25, -0.2) is 0 Å². The molecule has 2 N–H and O–H groups in total. The van der Waals surface area contributed by atoms with Gasteiger partial charge in [0.25, 0.3) is 5.69 Å². The lowest BCUT2D eigenvalue weighted by molar-refractivity contribution is -0.384. The van der Waals surface area contributed by atoms with Crippen LogP contribution in [0.5, 0.6) is 0 Å². The fourth-order valence-electron chi connectivity index (χ4n) is 1.99. The number of hydrogen-bond donors (Lipinski definition) is 2. The van der Waals surface area contributed by atoms with Crippen LogP contribution in [0, 0.1) is 10.1 Å². The van der Waals surface area contributed by atoms with E-state index in [0.29, 0.717) is 11.1 Å². The average Bonchev–Trinajstić information content (AvgIpc) is 2.48. The summed E-state index contributed by atoms with van der Waals surface area (Å²) in [4.78, 5) is 21.6. The van der Waals surface area contributed by atoms with Gasteiger partial charge in [0.15, 0.2) is 0 Å². The maximum absolute atomic E-state index is 11.3. The molecule has 108 valence electrons. The standard InChI is InChI=1S/C15H14N2O4/c18-15(19)14(12-6-2-1-3-7-12)16-10-11-5-4-8-13(9-11)17(20)21/h1-9,14,16H,10H2,(H,18,19)/t14-/m0/s1. The van der Waals surface area contributed by atoms with Crippen molar-refractivity contribution in [2.75, 3.05) is 0 Å². The van der Waals surface area contributed by atoms with Crippen LogP contribution in [0.3, 0.4) is 0 Å². The van der Waals surface area contributed by atoms with Gasteiger partial charge in [-0.1, -0.05) is 42.5 Å². The molecule has 21 heavy (non-hydrogen) atoms. The first-order valence-corrected chi connectivity index (χ1v) is 6.32. The molecular formula is C15H14N2O4. The van der Waals surface area contributed by atoms with Gasteiger partial charge in [-0.15, -0.1) is 0 Å². The Morgan fingerprint density at radius 1 is 1.19 bits per heavy atom. The lowest BCUT2D eigenvalue weighted by atomic mass is 10.1. The first kappa shape index (κ1) is 14.7. The first-order valence-electron chi connectivity index (χ1n) is 6.32. The number of nitrogens with one attached hydrogen (secondary N) is 1. The summed E-state index contributed by atoms with van der Waals surface area (Å²) in [5.74, 6) is -0.994. The van der Waals surface area contributed by atoms with Crippen molar-refractivity contribution in [2.45, 2.75) is 12.6 Å². The number of carboxylic acid groups (broad SMARTS) is 1. The van der Waals surface area contributed by atoms with Gasteiger partial charge in [0.05, 0.1) is 4.92 Å². The summed E-state index contributed by atoms with van der Waals surface area (Å²) < 4.78 is 0. The first-order chi connectivity index (χ1) is 10.1. The smallest absolute Gasteiger partial charge is 0.325 e. The Bertz CT molecular complexity index is 643. The third-order valence-electron chi connectivity index (χ3n) is 3.01. The van der Waals surface area contributed by atoms with Crippen LogP contribution in [0.25, 0.3) is 0 Å². The fraction of sp³-hybridized carbons (Fsp3) is 0.133. The molecule has 2 aromatic carbocycles. The maximum Gasteiger partial charge on any atom is 0.325 e. The molecule has 0 aliphatic carbocycles. The Balaban J connectivity index is 2.11. The van der Waals surface area contributed by atoms with Crippen LogP contribution in [-0.2, 0) is 11.3 Å². The molecule has 0 aliphatic rings. The molecule has 0 bridgehead atoms. The number of non-ortho nitro benzene ring substituents is 1. The Kier molecular flexibility index (Phi) is 4.63. The van der Waals surface area contributed by atoms with Crippen LogP contribution >= 0.6 is 0 Å². The number of carbonyl (C=O) groups is 1. The van der Waals surface area contributed by atoms with Crippen molar-refractivity contribution in [1.82, 2.24) is 5.32 Å². The molecule has 0 saturated heterocycles. The normalized spacial score (nSPS) is 11.8. The Morgan fingerprint density at radius 2 is 1.90 bits per heavy atom. The van der Waals surface area contributed by atoms with E-state index in [9.17, 15) is 20.0 Å². The van der Waals surface area contributed by atoms with Crippen molar-refractivity contribution in [3.63, 3.8) is 0 Å². The predicted octanol–water partition coefficient (Wildman–Crippen LogP) is 2.51. The van der Waals surface area contributed by atoms with Crippen molar-refractivity contribution in [2.24, 2.45) is 0 Å². The highest BCUT2D eigenvalue weighted by Crippen LogP contribution is 2.16. The molecule has 0 saturated carbocycles. The van der Waals surface area contributed by atoms with E-state index in [1.165, 1.54) is 12.1 Å². The Morgan fingerprint density at radius 3 is 2.52 bits per heavy atom. The summed E-state index contributed by atoms with van der Waals surface area (Å²) in [6.45, 7) is 0.230. The number of nitrogens with zero attached hydrogens (tertiary/aromatic N) is 1. The monoisotopic (exact) mass is 286 g/mol. The van der Waals surface area contributed by atoms with E-state index in [1.54, 1.807) is 36.4 Å². The van der Waals surface area contributed by atoms with Crippen molar-refractivity contribution >= 4 is 11.7 Å². The van der Waals surface area contributed by atoms with Gasteiger partial charge in [-0.3, -0.25) is 20.2 Å². The second kappa shape index (κ2) is 6.62. The lowest BCUT2D eigenvalue weighted by Gasteiger charge is -2.14. The minimum atomic E-state index is -0.994. The highest BCUT2D eigenvalue weighted by Gasteiger charge is 2.18. The van der Waals surface area contributed by atoms with Gasteiger partial charge in [0.2, 0.25) is 0 Å². The SMILES string of the molecule is O=C(O)[C@@H](NCc1cccc([N+](=O)[O-])c1)c1ccccc1. The molecule has 0 heterocycles. The van der Waals surface area contributed by atoms with E-state index in [1.807, 2.05) is 6.07 Å². The van der Waals surface area contributed by atoms with Crippen molar-refractivity contribution < 1.29 is 14.8 Å². The minimum Gasteiger partial charge on any atom is -0.480 e. The molecule has 2 aromatic rings. The molecule has 6 heteroatoms. The second-order valence-electron chi connectivity index (χ2n) is 4.49. The zero-order valence-corrected chi connectivity index (χ0v) is 11.1. The van der Waals surface area contributed by atoms with Crippen LogP contribution in [0.15, 0.2) is 54.6 Å². The third-order valence-corrected chi connectivity index (χ3v) is 3.01. The van der Waals surface area contributed by atoms with E-state index in [-0.39, 0.29) is 12.2 Å². The molecule has 0 aliphatic heterocycles. The lowest BCUT2D eigenvalue weighted by Crippen LogP contribution is -2.28. The zero-order chi connectivity index (χ0) is 15.2. The summed E-state index contributed by atoms with van der Waals surface area (Å²) in [6.07, 6.45) is 0. The van der Waals surface area contributed by atoms with Crippen molar-refractivity contribution in [3.05, 3.63) is 75.8 Å². The summed E-state index contributed by atoms with van der Waals surface area (Å²) in [7, 11) is 0. The molecule has 0 radical (unpaired) electrons. The van der Waals surface area contributed by atoms with Gasteiger partial charge < -0.3 is 5.11 Å². The van der Waals surface area contributed by atoms with Crippen LogP contribution in [0.2, 0.25) is 0 Å². The highest BCUT2D eigenvalue weighted by atomic mass is 16.6. The molecule has 0 amide bonds. The van der Waals surface area contributed by atoms with E-state index in [4.69, 9.17) is 0 Å². The van der Waals surface area contributed by atoms with Crippen molar-refractivity contribution in [3.8, 4) is 0 Å². The minimum absolute atomic E-state index is 0.0131. The number of rotatable bonds is 6. The third kappa shape index (κ3) is 3.87. The number of nitro groups is 1. The summed E-state index contributed by atoms with van der Waals surface area (Å²) in [5, 5.41) is 22.9. The molecule has 0 fully saturated rings. The Labute approximate surface area is 121 Å². The maximum atomic E-state index is 11.3. The largest absolute Gasteiger partial charge is 0.480 e. The van der Waals surface area contributed by atoms with Crippen LogP contribution in [0.4, 0.5) is 5.69 Å². The highest BCUT2D eigenvalue weighted by molar-refractivity contribution is 5.75. The number of aliphatic carboxylic acids is 1. The quantitative estimate of drug-likeness (QED) is 0.628. The number of benzene rings is 2. The molecular weight excluding hydrogens is 272 g/mol. The van der Waals surface area contributed by atoms with Crippen LogP contribution in [0.1, 0.15) is 17.2 Å². The average molecular weight is 286 g/mol. The van der Waals surface area contributed by atoms with Gasteiger partial charge in [-0.05, 0) is 11.1 Å². The molecule has 2 rings (SSSR count). The van der Waals surface area contributed by atoms with Crippen LogP contribution in [-0.4, -0.2) is 16.0 Å². The van der Waals surface area contributed by atoms with Gasteiger partial charge in [0, 0.05) is 18.7 Å². The fourth-order valence-corrected chi connectivity index (χ4v) is 1.99. The van der Waals surface area contributed by atoms with Crippen LogP contribution < -0.4 is 5.32 Å². The van der Waals surface area contributed by atoms with E-state index in [0.717, 1.165) is 0 Å². The van der Waals surface area contributed by atoms with Gasteiger partial charge in [0.1, 0.15) is 6.04 Å². The molecule has 0 aromatic heterocycles. The van der Waals surface area contributed by atoms with E-state index < -0.39 is 16.9 Å². The van der Waals surface area contributed by atoms with E-state index in [2.05, 4.69) is 5.32 Å². The van der Waals surface area contributed by atoms with E-state index >= 15 is 0 Å². The molecule has 1 atom stereocenters. The Hall–Kier alpha value is -2.73. The summed E-state index contributed by atoms with van der Waals surface area (Å²) in [5.41, 5.74) is 1.28. The second-order valence-corrected chi connectivity index (χ2v) is 4.49. The zero-order valence-electron chi connectivity index (χ0n) is 11.1. The molecule has 0 unspecified atom stereocenters. The van der Waals surface area contributed by atoms with Gasteiger partial charge in [-0.2, -0.15) is 0 Å². The van der Waals surface area contributed by atoms with Crippen molar-refractivity contribution in [1.29, 1.82) is 0 Å². The topological polar surface area (TPSA) is 92.5 Å².